The van der Waals surface area contributed by atoms with Crippen molar-refractivity contribution in [2.45, 2.75) is 12.0 Å². The van der Waals surface area contributed by atoms with Crippen LogP contribution in [0.5, 0.6) is 0 Å². The Hall–Kier alpha value is -4.24. The normalized spacial score (nSPS) is 12.9. The summed E-state index contributed by atoms with van der Waals surface area (Å²) < 4.78 is 10.6. The predicted molar refractivity (Wildman–Crippen MR) is 124 cm³/mol. The highest BCUT2D eigenvalue weighted by atomic mass is 16.5. The van der Waals surface area contributed by atoms with Gasteiger partial charge in [-0.15, -0.1) is 0 Å². The van der Waals surface area contributed by atoms with E-state index in [4.69, 9.17) is 14.6 Å². The number of ether oxygens (including phenoxy) is 2. The summed E-state index contributed by atoms with van der Waals surface area (Å²) in [6.45, 7) is 0.0466. The highest BCUT2D eigenvalue weighted by Crippen LogP contribution is 2.44. The van der Waals surface area contributed by atoms with Crippen LogP contribution in [0.4, 0.5) is 10.5 Å². The average Bonchev–Trinajstić information content (AvgIpc) is 3.17. The second-order valence-corrected chi connectivity index (χ2v) is 7.66. The fourth-order valence-electron chi connectivity index (χ4n) is 3.93. The average molecular weight is 461 g/mol. The Morgan fingerprint density at radius 2 is 1.65 bits per heavy atom. The third-order valence-corrected chi connectivity index (χ3v) is 5.60. The van der Waals surface area contributed by atoms with Crippen molar-refractivity contribution in [1.82, 2.24) is 10.3 Å². The third kappa shape index (κ3) is 4.89. The van der Waals surface area contributed by atoms with Crippen molar-refractivity contribution >= 4 is 23.7 Å². The monoisotopic (exact) mass is 461 g/mol. The van der Waals surface area contributed by atoms with E-state index >= 15 is 0 Å². The molecule has 2 aromatic carbocycles. The van der Waals surface area contributed by atoms with E-state index in [1.165, 1.54) is 25.4 Å². The molecule has 0 spiro atoms. The molecule has 34 heavy (non-hydrogen) atoms. The van der Waals surface area contributed by atoms with Gasteiger partial charge in [-0.25, -0.2) is 14.6 Å². The number of anilines is 1. The van der Waals surface area contributed by atoms with Gasteiger partial charge >= 0.3 is 12.1 Å². The molecule has 1 atom stereocenters. The first-order valence-corrected chi connectivity index (χ1v) is 10.6. The smallest absolute Gasteiger partial charge is 0.407 e. The number of carboxylic acid groups (broad SMARTS) is 1. The van der Waals surface area contributed by atoms with Gasteiger partial charge in [0.05, 0.1) is 18.4 Å². The minimum absolute atomic E-state index is 0.0686. The van der Waals surface area contributed by atoms with Crippen LogP contribution in [0.2, 0.25) is 0 Å². The molecule has 4 rings (SSSR count). The maximum Gasteiger partial charge on any atom is 0.407 e. The van der Waals surface area contributed by atoms with Crippen LogP contribution in [-0.2, 0) is 14.3 Å². The molecule has 0 radical (unpaired) electrons. The molecule has 9 heteroatoms. The number of nitrogens with zero attached hydrogens (tertiary/aromatic N) is 1. The maximum absolute atomic E-state index is 12.4. The van der Waals surface area contributed by atoms with E-state index in [0.717, 1.165) is 22.3 Å². The van der Waals surface area contributed by atoms with Crippen LogP contribution in [0.15, 0.2) is 66.9 Å². The van der Waals surface area contributed by atoms with Gasteiger partial charge in [0.2, 0.25) is 0 Å². The fraction of sp³-hybridized carbons (Fsp3) is 0.200. The molecule has 174 valence electrons. The van der Waals surface area contributed by atoms with Crippen molar-refractivity contribution in [2.75, 3.05) is 25.6 Å². The SMILES string of the molecule is COC(CNC(=O)OCC1c2ccccc2-c2ccccc21)C(=O)Nc1ccc(C(=O)O)nc1. The Morgan fingerprint density at radius 1 is 1.00 bits per heavy atom. The minimum atomic E-state index is -1.17. The minimum Gasteiger partial charge on any atom is -0.477 e. The van der Waals surface area contributed by atoms with E-state index in [1.807, 2.05) is 36.4 Å². The molecule has 0 fully saturated rings. The van der Waals surface area contributed by atoms with E-state index in [2.05, 4.69) is 27.8 Å². The first-order valence-electron chi connectivity index (χ1n) is 10.6. The van der Waals surface area contributed by atoms with E-state index in [1.54, 1.807) is 0 Å². The molecule has 1 heterocycles. The van der Waals surface area contributed by atoms with Crippen LogP contribution in [0, 0.1) is 0 Å². The molecule has 9 nitrogen and oxygen atoms in total. The Bertz CT molecular complexity index is 1170. The number of hydrogen-bond donors (Lipinski definition) is 3. The molecule has 0 saturated carbocycles. The van der Waals surface area contributed by atoms with Crippen LogP contribution in [0.3, 0.4) is 0 Å². The van der Waals surface area contributed by atoms with E-state index in [-0.39, 0.29) is 24.8 Å². The van der Waals surface area contributed by atoms with Crippen molar-refractivity contribution in [3.8, 4) is 11.1 Å². The van der Waals surface area contributed by atoms with Gasteiger partial charge < -0.3 is 25.2 Å². The lowest BCUT2D eigenvalue weighted by molar-refractivity contribution is -0.125. The van der Waals surface area contributed by atoms with Crippen molar-refractivity contribution in [3.05, 3.63) is 83.7 Å². The molecule has 0 bridgehead atoms. The number of hydrogen-bond acceptors (Lipinski definition) is 6. The number of benzene rings is 2. The number of nitrogens with one attached hydrogen (secondary N) is 2. The number of carbonyl (C=O) groups is 3. The summed E-state index contributed by atoms with van der Waals surface area (Å²) in [5.41, 5.74) is 4.64. The highest BCUT2D eigenvalue weighted by Gasteiger charge is 2.29. The van der Waals surface area contributed by atoms with Gasteiger partial charge in [0.25, 0.3) is 5.91 Å². The Kier molecular flexibility index (Phi) is 6.84. The van der Waals surface area contributed by atoms with Crippen molar-refractivity contribution in [1.29, 1.82) is 0 Å². The van der Waals surface area contributed by atoms with Gasteiger partial charge in [0.1, 0.15) is 12.3 Å². The molecule has 2 amide bonds. The van der Waals surface area contributed by atoms with Crippen molar-refractivity contribution in [3.63, 3.8) is 0 Å². The number of methoxy groups -OCH3 is 1. The van der Waals surface area contributed by atoms with Gasteiger partial charge in [-0.2, -0.15) is 0 Å². The second-order valence-electron chi connectivity index (χ2n) is 7.66. The Balaban J connectivity index is 1.31. The number of carbonyl (C=O) groups excluding carboxylic acids is 2. The molecule has 1 aliphatic carbocycles. The lowest BCUT2D eigenvalue weighted by atomic mass is 9.98. The number of fused-ring (bicyclic) bond motifs is 3. The number of aromatic nitrogens is 1. The number of rotatable bonds is 8. The Labute approximate surface area is 195 Å². The molecule has 1 aromatic heterocycles. The first-order chi connectivity index (χ1) is 16.5. The topological polar surface area (TPSA) is 127 Å². The van der Waals surface area contributed by atoms with Gasteiger partial charge in [0.15, 0.2) is 6.10 Å². The van der Waals surface area contributed by atoms with Gasteiger partial charge in [-0.05, 0) is 34.4 Å². The molecule has 0 saturated heterocycles. The molecule has 1 aliphatic rings. The van der Waals surface area contributed by atoms with E-state index in [0.29, 0.717) is 5.69 Å². The maximum atomic E-state index is 12.4. The summed E-state index contributed by atoms with van der Waals surface area (Å²) in [5, 5.41) is 14.0. The number of pyridine rings is 1. The summed E-state index contributed by atoms with van der Waals surface area (Å²) in [5.74, 6) is -1.76. The van der Waals surface area contributed by atoms with Crippen LogP contribution >= 0.6 is 0 Å². The van der Waals surface area contributed by atoms with Crippen molar-refractivity contribution in [2.24, 2.45) is 0 Å². The summed E-state index contributed by atoms with van der Waals surface area (Å²) in [7, 11) is 1.34. The number of carboxylic acids is 1. The lowest BCUT2D eigenvalue weighted by Gasteiger charge is -2.17. The zero-order chi connectivity index (χ0) is 24.1. The Morgan fingerprint density at radius 3 is 2.21 bits per heavy atom. The van der Waals surface area contributed by atoms with Crippen LogP contribution in [0.1, 0.15) is 27.5 Å². The molecule has 3 aromatic rings. The van der Waals surface area contributed by atoms with E-state index < -0.39 is 24.1 Å². The summed E-state index contributed by atoms with van der Waals surface area (Å²) in [6, 6.07) is 18.8. The standard InChI is InChI=1S/C25H23N3O6/c1-33-22(23(29)28-15-10-11-21(24(30)31)26-12-15)13-27-25(32)34-14-20-18-8-4-2-6-16(18)17-7-3-5-9-19(17)20/h2-12,20,22H,13-14H2,1H3,(H,27,32)(H,28,29)(H,30,31). The number of amides is 2. The quantitative estimate of drug-likeness (QED) is 0.470. The van der Waals surface area contributed by atoms with Gasteiger partial charge in [0, 0.05) is 13.0 Å². The van der Waals surface area contributed by atoms with Crippen LogP contribution in [-0.4, -0.2) is 54.4 Å². The first kappa shape index (κ1) is 22.9. The van der Waals surface area contributed by atoms with Gasteiger partial charge in [-0.1, -0.05) is 48.5 Å². The summed E-state index contributed by atoms with van der Waals surface area (Å²) in [4.78, 5) is 39.4. The summed E-state index contributed by atoms with van der Waals surface area (Å²) >= 11 is 0. The zero-order valence-electron chi connectivity index (χ0n) is 18.4. The third-order valence-electron chi connectivity index (χ3n) is 5.60. The fourth-order valence-corrected chi connectivity index (χ4v) is 3.93. The van der Waals surface area contributed by atoms with Crippen LogP contribution in [0.25, 0.3) is 11.1 Å². The van der Waals surface area contributed by atoms with Gasteiger partial charge in [-0.3, -0.25) is 4.79 Å². The number of alkyl carbamates (subject to hydrolysis) is 1. The summed E-state index contributed by atoms with van der Waals surface area (Å²) in [6.07, 6.45) is -0.420. The van der Waals surface area contributed by atoms with Crippen LogP contribution < -0.4 is 10.6 Å². The molecular weight excluding hydrogens is 438 g/mol. The predicted octanol–water partition coefficient (Wildman–Crippen LogP) is 3.27. The second kappa shape index (κ2) is 10.1. The number of aromatic carboxylic acids is 1. The van der Waals surface area contributed by atoms with E-state index in [9.17, 15) is 14.4 Å². The molecule has 1 unspecified atom stereocenters. The molecule has 3 N–H and O–H groups in total. The lowest BCUT2D eigenvalue weighted by Crippen LogP contribution is -2.41. The molecular formula is C25H23N3O6. The van der Waals surface area contributed by atoms with Crippen molar-refractivity contribution < 1.29 is 29.0 Å². The zero-order valence-corrected chi connectivity index (χ0v) is 18.4. The molecule has 0 aliphatic heterocycles. The largest absolute Gasteiger partial charge is 0.477 e. The highest BCUT2D eigenvalue weighted by molar-refractivity contribution is 5.95.